The molecule has 0 saturated heterocycles. The molecule has 0 aliphatic rings. The number of nitrogens with zero attached hydrogens (tertiary/aromatic N) is 2. The summed E-state index contributed by atoms with van der Waals surface area (Å²) in [7, 11) is 4.14. The Labute approximate surface area is 105 Å². The molecule has 1 rings (SSSR count). The molecule has 0 unspecified atom stereocenters. The maximum absolute atomic E-state index is 4.48. The monoisotopic (exact) mass is 235 g/mol. The van der Waals surface area contributed by atoms with Crippen LogP contribution < -0.4 is 5.32 Å². The van der Waals surface area contributed by atoms with Crippen LogP contribution in [0.5, 0.6) is 0 Å². The molecule has 0 bridgehead atoms. The molecule has 1 N–H and O–H groups in total. The zero-order chi connectivity index (χ0) is 12.7. The Bertz CT molecular complexity index is 323. The van der Waals surface area contributed by atoms with Crippen LogP contribution in [0.1, 0.15) is 31.5 Å². The van der Waals surface area contributed by atoms with E-state index in [-0.39, 0.29) is 0 Å². The second kappa shape index (κ2) is 7.41. The normalized spacial score (nSPS) is 11.4. The average Bonchev–Trinajstić information content (AvgIpc) is 2.29. The van der Waals surface area contributed by atoms with Crippen molar-refractivity contribution in [2.24, 2.45) is 5.92 Å². The molecule has 96 valence electrons. The third-order valence-electron chi connectivity index (χ3n) is 2.86. The van der Waals surface area contributed by atoms with E-state index < -0.39 is 0 Å². The molecule has 0 aliphatic carbocycles. The lowest BCUT2D eigenvalue weighted by Gasteiger charge is -2.19. The fraction of sp³-hybridized carbons (Fsp3) is 0.643. The summed E-state index contributed by atoms with van der Waals surface area (Å²) in [5, 5.41) is 3.19. The standard InChI is InChI=1S/C14H25N3/c1-12(2)7-9-17(4)11-14-13(10-15-3)6-5-8-16-14/h5-6,8,12,15H,7,9-11H2,1-4H3. The molecule has 0 spiro atoms. The second-order valence-electron chi connectivity index (χ2n) is 5.06. The average molecular weight is 235 g/mol. The van der Waals surface area contributed by atoms with Crippen molar-refractivity contribution in [1.82, 2.24) is 15.2 Å². The van der Waals surface area contributed by atoms with Crippen LogP contribution in [0.25, 0.3) is 0 Å². The quantitative estimate of drug-likeness (QED) is 0.786. The smallest absolute Gasteiger partial charge is 0.0588 e. The Kier molecular flexibility index (Phi) is 6.16. The van der Waals surface area contributed by atoms with Crippen molar-refractivity contribution >= 4 is 0 Å². The van der Waals surface area contributed by atoms with E-state index in [1.165, 1.54) is 17.7 Å². The number of rotatable bonds is 7. The number of hydrogen-bond donors (Lipinski definition) is 1. The lowest BCUT2D eigenvalue weighted by molar-refractivity contribution is 0.299. The van der Waals surface area contributed by atoms with E-state index in [2.05, 4.69) is 42.2 Å². The van der Waals surface area contributed by atoms with Crippen LogP contribution in [0.15, 0.2) is 18.3 Å². The van der Waals surface area contributed by atoms with Crippen molar-refractivity contribution in [3.8, 4) is 0 Å². The van der Waals surface area contributed by atoms with Gasteiger partial charge in [-0.3, -0.25) is 4.98 Å². The summed E-state index contributed by atoms with van der Waals surface area (Å²) in [5.74, 6) is 0.762. The van der Waals surface area contributed by atoms with Gasteiger partial charge >= 0.3 is 0 Å². The highest BCUT2D eigenvalue weighted by Crippen LogP contribution is 2.09. The zero-order valence-corrected chi connectivity index (χ0v) is 11.5. The van der Waals surface area contributed by atoms with Gasteiger partial charge in [-0.1, -0.05) is 19.9 Å². The molecule has 17 heavy (non-hydrogen) atoms. The van der Waals surface area contributed by atoms with Crippen LogP contribution in [0.2, 0.25) is 0 Å². The van der Waals surface area contributed by atoms with Gasteiger partial charge in [-0.15, -0.1) is 0 Å². The third-order valence-corrected chi connectivity index (χ3v) is 2.86. The summed E-state index contributed by atoms with van der Waals surface area (Å²) in [6.45, 7) is 7.49. The zero-order valence-electron chi connectivity index (χ0n) is 11.5. The summed E-state index contributed by atoms with van der Waals surface area (Å²) in [6, 6.07) is 4.15. The van der Waals surface area contributed by atoms with Crippen LogP contribution in [0.3, 0.4) is 0 Å². The SMILES string of the molecule is CNCc1cccnc1CN(C)CCC(C)C. The van der Waals surface area contributed by atoms with Crippen molar-refractivity contribution in [3.05, 3.63) is 29.6 Å². The van der Waals surface area contributed by atoms with Gasteiger partial charge in [0.1, 0.15) is 0 Å². The van der Waals surface area contributed by atoms with Crippen molar-refractivity contribution in [2.75, 3.05) is 20.6 Å². The summed E-state index contributed by atoms with van der Waals surface area (Å²) in [6.07, 6.45) is 3.12. The minimum atomic E-state index is 0.762. The second-order valence-corrected chi connectivity index (χ2v) is 5.06. The first-order valence-corrected chi connectivity index (χ1v) is 6.39. The topological polar surface area (TPSA) is 28.2 Å². The van der Waals surface area contributed by atoms with E-state index in [1.807, 2.05) is 19.3 Å². The van der Waals surface area contributed by atoms with Gasteiger partial charge in [0.05, 0.1) is 5.69 Å². The number of pyridine rings is 1. The first-order valence-electron chi connectivity index (χ1n) is 6.39. The Morgan fingerprint density at radius 2 is 2.18 bits per heavy atom. The minimum absolute atomic E-state index is 0.762. The maximum atomic E-state index is 4.48. The molecule has 3 heteroatoms. The fourth-order valence-corrected chi connectivity index (χ4v) is 1.78. The van der Waals surface area contributed by atoms with Crippen molar-refractivity contribution in [2.45, 2.75) is 33.4 Å². The predicted molar refractivity (Wildman–Crippen MR) is 72.8 cm³/mol. The van der Waals surface area contributed by atoms with E-state index in [9.17, 15) is 0 Å². The van der Waals surface area contributed by atoms with Gasteiger partial charge in [-0.05, 0) is 44.6 Å². The minimum Gasteiger partial charge on any atom is -0.316 e. The third kappa shape index (κ3) is 5.29. The molecule has 1 aromatic rings. The first-order chi connectivity index (χ1) is 8.13. The van der Waals surface area contributed by atoms with Crippen LogP contribution in [-0.2, 0) is 13.1 Å². The predicted octanol–water partition coefficient (Wildman–Crippen LogP) is 2.28. The van der Waals surface area contributed by atoms with Gasteiger partial charge < -0.3 is 10.2 Å². The van der Waals surface area contributed by atoms with E-state index in [1.54, 1.807) is 0 Å². The Balaban J connectivity index is 2.54. The summed E-state index contributed by atoms with van der Waals surface area (Å²) >= 11 is 0. The molecule has 0 amide bonds. The molecule has 0 atom stereocenters. The molecule has 0 saturated carbocycles. The van der Waals surface area contributed by atoms with Gasteiger partial charge in [0, 0.05) is 19.3 Å². The Morgan fingerprint density at radius 1 is 1.41 bits per heavy atom. The number of hydrogen-bond acceptors (Lipinski definition) is 3. The van der Waals surface area contributed by atoms with Crippen molar-refractivity contribution in [1.29, 1.82) is 0 Å². The summed E-state index contributed by atoms with van der Waals surface area (Å²) in [4.78, 5) is 6.83. The van der Waals surface area contributed by atoms with E-state index in [0.717, 1.165) is 25.6 Å². The fourth-order valence-electron chi connectivity index (χ4n) is 1.78. The molecular weight excluding hydrogens is 210 g/mol. The number of nitrogens with one attached hydrogen (secondary N) is 1. The van der Waals surface area contributed by atoms with E-state index in [0.29, 0.717) is 0 Å². The van der Waals surface area contributed by atoms with Gasteiger partial charge in [-0.2, -0.15) is 0 Å². The molecule has 1 heterocycles. The van der Waals surface area contributed by atoms with Crippen LogP contribution in [0.4, 0.5) is 0 Å². The van der Waals surface area contributed by atoms with Crippen molar-refractivity contribution < 1.29 is 0 Å². The van der Waals surface area contributed by atoms with Crippen LogP contribution >= 0.6 is 0 Å². The molecule has 3 nitrogen and oxygen atoms in total. The first kappa shape index (κ1) is 14.1. The molecule has 0 aliphatic heterocycles. The van der Waals surface area contributed by atoms with Gasteiger partial charge in [0.25, 0.3) is 0 Å². The molecule has 0 radical (unpaired) electrons. The summed E-state index contributed by atoms with van der Waals surface area (Å²) in [5.41, 5.74) is 2.49. The Morgan fingerprint density at radius 3 is 2.82 bits per heavy atom. The lowest BCUT2D eigenvalue weighted by Crippen LogP contribution is -2.22. The highest BCUT2D eigenvalue weighted by molar-refractivity contribution is 5.19. The summed E-state index contributed by atoms with van der Waals surface area (Å²) < 4.78 is 0. The van der Waals surface area contributed by atoms with E-state index in [4.69, 9.17) is 0 Å². The maximum Gasteiger partial charge on any atom is 0.0588 e. The highest BCUT2D eigenvalue weighted by Gasteiger charge is 2.06. The lowest BCUT2D eigenvalue weighted by atomic mass is 10.1. The number of aromatic nitrogens is 1. The van der Waals surface area contributed by atoms with Gasteiger partial charge in [-0.25, -0.2) is 0 Å². The molecule has 0 fully saturated rings. The molecule has 1 aromatic heterocycles. The Hall–Kier alpha value is -0.930. The van der Waals surface area contributed by atoms with E-state index >= 15 is 0 Å². The van der Waals surface area contributed by atoms with Gasteiger partial charge in [0.2, 0.25) is 0 Å². The highest BCUT2D eigenvalue weighted by atomic mass is 15.1. The van der Waals surface area contributed by atoms with Crippen LogP contribution in [0, 0.1) is 5.92 Å². The largest absolute Gasteiger partial charge is 0.316 e. The van der Waals surface area contributed by atoms with Crippen molar-refractivity contribution in [3.63, 3.8) is 0 Å². The van der Waals surface area contributed by atoms with Gasteiger partial charge in [0.15, 0.2) is 0 Å². The molecular formula is C14H25N3. The molecule has 0 aromatic carbocycles. The van der Waals surface area contributed by atoms with Crippen LogP contribution in [-0.4, -0.2) is 30.5 Å².